The largest absolute Gasteiger partial charge is 0.350 e. The maximum atomic E-state index is 9.10. The van der Waals surface area contributed by atoms with Gasteiger partial charge in [-0.15, -0.1) is 0 Å². The number of benzene rings is 1. The number of rotatable bonds is 7. The smallest absolute Gasteiger partial charge is 0.253 e. The van der Waals surface area contributed by atoms with Gasteiger partial charge < -0.3 is 10.6 Å². The van der Waals surface area contributed by atoms with Crippen LogP contribution in [0.5, 0.6) is 0 Å². The molecule has 0 aliphatic rings. The second kappa shape index (κ2) is 8.22. The first-order valence-electron chi connectivity index (χ1n) is 7.50. The van der Waals surface area contributed by atoms with Crippen LogP contribution in [0.1, 0.15) is 11.1 Å². The summed E-state index contributed by atoms with van der Waals surface area (Å²) in [5.74, 6) is 0.700. The molecule has 0 saturated carbocycles. The van der Waals surface area contributed by atoms with Crippen molar-refractivity contribution in [2.45, 2.75) is 13.1 Å². The van der Waals surface area contributed by atoms with Crippen LogP contribution in [0.15, 0.2) is 48.8 Å². The third-order valence-corrected chi connectivity index (χ3v) is 3.52. The molecule has 1 aromatic carbocycles. The Morgan fingerprint density at radius 1 is 0.840 bits per heavy atom. The molecule has 25 heavy (non-hydrogen) atoms. The van der Waals surface area contributed by atoms with Gasteiger partial charge in [0.1, 0.15) is 0 Å². The van der Waals surface area contributed by atoms with E-state index in [1.54, 1.807) is 12.4 Å². The van der Waals surface area contributed by atoms with E-state index in [-0.39, 0.29) is 5.95 Å². The molecule has 128 valence electrons. The van der Waals surface area contributed by atoms with Crippen molar-refractivity contribution in [1.29, 1.82) is 0 Å². The first-order valence-corrected chi connectivity index (χ1v) is 7.88. The number of halogens is 1. The lowest BCUT2D eigenvalue weighted by atomic mass is 10.2. The first-order chi connectivity index (χ1) is 12.2. The summed E-state index contributed by atoms with van der Waals surface area (Å²) in [6.45, 7) is 1.01. The van der Waals surface area contributed by atoms with E-state index in [0.717, 1.165) is 11.1 Å². The summed E-state index contributed by atoms with van der Waals surface area (Å²) in [6.07, 6.45) is 3.46. The molecule has 0 aliphatic heterocycles. The molecule has 0 bridgehead atoms. The average molecular weight is 358 g/mol. The van der Waals surface area contributed by atoms with Crippen LogP contribution in [0.3, 0.4) is 0 Å². The maximum absolute atomic E-state index is 9.10. The number of aromatic nitrogens is 4. The predicted molar refractivity (Wildman–Crippen MR) is 95.6 cm³/mol. The van der Waals surface area contributed by atoms with Crippen molar-refractivity contribution in [1.82, 2.24) is 19.9 Å². The molecular formula is C16H16ClN7O. The van der Waals surface area contributed by atoms with Crippen molar-refractivity contribution < 1.29 is 5.21 Å². The van der Waals surface area contributed by atoms with Crippen molar-refractivity contribution in [3.05, 3.63) is 64.9 Å². The van der Waals surface area contributed by atoms with Crippen molar-refractivity contribution in [3.63, 3.8) is 0 Å². The zero-order valence-corrected chi connectivity index (χ0v) is 13.9. The van der Waals surface area contributed by atoms with Gasteiger partial charge >= 0.3 is 0 Å². The van der Waals surface area contributed by atoms with Crippen molar-refractivity contribution in [3.8, 4) is 0 Å². The summed E-state index contributed by atoms with van der Waals surface area (Å²) in [7, 11) is 0. The van der Waals surface area contributed by atoms with E-state index in [4.69, 9.17) is 16.8 Å². The number of anilines is 3. The standard InChI is InChI=1S/C16H16ClN7O/c17-13-5-3-11(4-6-13)9-19-14-21-15(23-16(22-14)24-25)20-10-12-2-1-7-18-8-12/h1-8,25H,9-10H2,(H3,19,20,21,22,23,24). The molecule has 0 spiro atoms. The second-order valence-electron chi connectivity index (χ2n) is 5.11. The fraction of sp³-hybridized carbons (Fsp3) is 0.125. The van der Waals surface area contributed by atoms with Crippen LogP contribution in [0.25, 0.3) is 0 Å². The Kier molecular flexibility index (Phi) is 5.55. The number of nitrogens with zero attached hydrogens (tertiary/aromatic N) is 4. The van der Waals surface area contributed by atoms with E-state index >= 15 is 0 Å². The molecule has 0 amide bonds. The Morgan fingerprint density at radius 3 is 2.08 bits per heavy atom. The van der Waals surface area contributed by atoms with E-state index < -0.39 is 0 Å². The van der Waals surface area contributed by atoms with Crippen LogP contribution in [0, 0.1) is 0 Å². The number of hydrogen-bond donors (Lipinski definition) is 4. The Bertz CT molecular complexity index is 814. The molecule has 0 radical (unpaired) electrons. The molecule has 2 heterocycles. The van der Waals surface area contributed by atoms with Gasteiger partial charge in [0, 0.05) is 30.5 Å². The van der Waals surface area contributed by atoms with Gasteiger partial charge in [-0.1, -0.05) is 29.8 Å². The normalized spacial score (nSPS) is 10.3. The van der Waals surface area contributed by atoms with Gasteiger partial charge in [0.2, 0.25) is 11.9 Å². The number of hydrogen-bond acceptors (Lipinski definition) is 8. The van der Waals surface area contributed by atoms with Gasteiger partial charge in [-0.25, -0.2) is 5.48 Å². The van der Waals surface area contributed by atoms with Crippen LogP contribution in [-0.2, 0) is 13.1 Å². The molecule has 0 fully saturated rings. The van der Waals surface area contributed by atoms with Crippen LogP contribution in [0.2, 0.25) is 5.02 Å². The van der Waals surface area contributed by atoms with E-state index in [0.29, 0.717) is 30.0 Å². The number of nitrogens with one attached hydrogen (secondary N) is 3. The summed E-state index contributed by atoms with van der Waals surface area (Å²) < 4.78 is 0. The highest BCUT2D eigenvalue weighted by Gasteiger charge is 2.06. The first kappa shape index (κ1) is 16.9. The fourth-order valence-electron chi connectivity index (χ4n) is 2.05. The zero-order chi connectivity index (χ0) is 17.5. The summed E-state index contributed by atoms with van der Waals surface area (Å²) in [5.41, 5.74) is 3.94. The lowest BCUT2D eigenvalue weighted by Gasteiger charge is -2.10. The second-order valence-corrected chi connectivity index (χ2v) is 5.55. The third-order valence-electron chi connectivity index (χ3n) is 3.27. The van der Waals surface area contributed by atoms with E-state index in [9.17, 15) is 0 Å². The third kappa shape index (κ3) is 5.00. The fourth-order valence-corrected chi connectivity index (χ4v) is 2.18. The van der Waals surface area contributed by atoms with E-state index in [1.165, 1.54) is 0 Å². The van der Waals surface area contributed by atoms with Crippen molar-refractivity contribution in [2.24, 2.45) is 0 Å². The molecular weight excluding hydrogens is 342 g/mol. The highest BCUT2D eigenvalue weighted by atomic mass is 35.5. The molecule has 3 rings (SSSR count). The average Bonchev–Trinajstić information content (AvgIpc) is 2.66. The molecule has 0 atom stereocenters. The summed E-state index contributed by atoms with van der Waals surface area (Å²) in [6, 6.07) is 11.2. The van der Waals surface area contributed by atoms with Gasteiger partial charge in [-0.05, 0) is 29.3 Å². The Balaban J connectivity index is 1.67. The van der Waals surface area contributed by atoms with Crippen molar-refractivity contribution >= 4 is 29.4 Å². The SMILES string of the molecule is ONc1nc(NCc2ccc(Cl)cc2)nc(NCc2cccnc2)n1. The topological polar surface area (TPSA) is 108 Å². The minimum atomic E-state index is 0.0438. The van der Waals surface area contributed by atoms with Gasteiger partial charge in [-0.3, -0.25) is 10.2 Å². The minimum absolute atomic E-state index is 0.0438. The summed E-state index contributed by atoms with van der Waals surface area (Å²) >= 11 is 5.87. The van der Waals surface area contributed by atoms with E-state index in [1.807, 2.05) is 41.9 Å². The molecule has 2 aromatic heterocycles. The molecule has 3 aromatic rings. The highest BCUT2D eigenvalue weighted by molar-refractivity contribution is 6.30. The summed E-state index contributed by atoms with van der Waals surface area (Å²) in [5, 5.41) is 15.9. The Labute approximate surface area is 149 Å². The van der Waals surface area contributed by atoms with Gasteiger partial charge in [-0.2, -0.15) is 15.0 Å². The quantitative estimate of drug-likeness (QED) is 0.478. The van der Waals surface area contributed by atoms with Crippen LogP contribution >= 0.6 is 11.6 Å². The highest BCUT2D eigenvalue weighted by Crippen LogP contribution is 2.13. The Hall–Kier alpha value is -2.97. The van der Waals surface area contributed by atoms with E-state index in [2.05, 4.69) is 30.6 Å². The molecule has 9 heteroatoms. The van der Waals surface area contributed by atoms with Gasteiger partial charge in [0.25, 0.3) is 5.95 Å². The molecule has 0 saturated heterocycles. The lowest BCUT2D eigenvalue weighted by molar-refractivity contribution is 0.382. The molecule has 4 N–H and O–H groups in total. The van der Waals surface area contributed by atoms with Crippen LogP contribution in [-0.4, -0.2) is 25.1 Å². The Morgan fingerprint density at radius 2 is 1.48 bits per heavy atom. The minimum Gasteiger partial charge on any atom is -0.350 e. The van der Waals surface area contributed by atoms with Crippen LogP contribution in [0.4, 0.5) is 17.8 Å². The van der Waals surface area contributed by atoms with Crippen LogP contribution < -0.4 is 16.1 Å². The van der Waals surface area contributed by atoms with Gasteiger partial charge in [0.05, 0.1) is 0 Å². The number of pyridine rings is 1. The molecule has 0 aliphatic carbocycles. The molecule has 8 nitrogen and oxygen atoms in total. The lowest BCUT2D eigenvalue weighted by Crippen LogP contribution is -2.11. The van der Waals surface area contributed by atoms with Crippen molar-refractivity contribution in [2.75, 3.05) is 16.1 Å². The maximum Gasteiger partial charge on any atom is 0.253 e. The predicted octanol–water partition coefficient (Wildman–Crippen LogP) is 2.95. The van der Waals surface area contributed by atoms with Gasteiger partial charge in [0.15, 0.2) is 0 Å². The molecule has 0 unspecified atom stereocenters. The zero-order valence-electron chi connectivity index (χ0n) is 13.1. The summed E-state index contributed by atoms with van der Waals surface area (Å²) in [4.78, 5) is 16.5. The monoisotopic (exact) mass is 357 g/mol.